The van der Waals surface area contributed by atoms with E-state index in [-0.39, 0.29) is 5.97 Å². The van der Waals surface area contributed by atoms with Crippen LogP contribution in [0.15, 0.2) is 65.8 Å². The minimum Gasteiger partial charge on any atom is -0.489 e. The zero-order valence-electron chi connectivity index (χ0n) is 14.2. The van der Waals surface area contributed by atoms with Crippen LogP contribution in [0.3, 0.4) is 0 Å². The van der Waals surface area contributed by atoms with E-state index in [9.17, 15) is 4.79 Å². The van der Waals surface area contributed by atoms with E-state index in [2.05, 4.69) is 14.8 Å². The van der Waals surface area contributed by atoms with Gasteiger partial charge in [0, 0.05) is 0 Å². The van der Waals surface area contributed by atoms with Gasteiger partial charge in [-0.1, -0.05) is 35.5 Å². The van der Waals surface area contributed by atoms with Crippen LogP contribution in [0.2, 0.25) is 0 Å². The van der Waals surface area contributed by atoms with Gasteiger partial charge in [-0.2, -0.15) is 0 Å². The van der Waals surface area contributed by atoms with Gasteiger partial charge in [-0.15, -0.1) is 5.90 Å². The summed E-state index contributed by atoms with van der Waals surface area (Å²) in [5, 5.41) is 5.67. The molecule has 0 aliphatic rings. The fourth-order valence-corrected chi connectivity index (χ4v) is 2.53. The van der Waals surface area contributed by atoms with Crippen LogP contribution in [0.4, 0.5) is 0 Å². The molecule has 0 spiro atoms. The van der Waals surface area contributed by atoms with Gasteiger partial charge in [0.25, 0.3) is 0 Å². The summed E-state index contributed by atoms with van der Waals surface area (Å²) in [5.74, 6) is 5.29. The number of hydrogen-bond donors (Lipinski definition) is 1. The molecule has 0 bridgehead atoms. The maximum absolute atomic E-state index is 11.4. The highest BCUT2D eigenvalue weighted by atomic mass is 16.7. The van der Waals surface area contributed by atoms with Crippen LogP contribution < -0.4 is 10.6 Å². The van der Waals surface area contributed by atoms with E-state index in [0.29, 0.717) is 12.2 Å². The normalized spacial score (nSPS) is 10.8. The summed E-state index contributed by atoms with van der Waals surface area (Å²) in [6.45, 7) is 0.398. The second kappa shape index (κ2) is 8.13. The summed E-state index contributed by atoms with van der Waals surface area (Å²) in [6, 6.07) is 18.9. The summed E-state index contributed by atoms with van der Waals surface area (Å²) < 4.78 is 10.5. The van der Waals surface area contributed by atoms with Gasteiger partial charge in [-0.3, -0.25) is 0 Å². The van der Waals surface area contributed by atoms with E-state index in [0.717, 1.165) is 27.6 Å². The summed E-state index contributed by atoms with van der Waals surface area (Å²) in [4.78, 5) is 15.7. The van der Waals surface area contributed by atoms with Crippen molar-refractivity contribution in [3.8, 4) is 5.75 Å². The Bertz CT molecular complexity index is 936. The number of ether oxygens (including phenoxy) is 2. The lowest BCUT2D eigenvalue weighted by Crippen LogP contribution is -2.02. The fraction of sp³-hybridized carbons (Fsp3) is 0.100. The third-order valence-corrected chi connectivity index (χ3v) is 3.88. The molecular weight excluding hydrogens is 332 g/mol. The molecule has 132 valence electrons. The first-order valence-corrected chi connectivity index (χ1v) is 7.93. The molecule has 0 saturated heterocycles. The molecule has 0 atom stereocenters. The zero-order chi connectivity index (χ0) is 18.4. The van der Waals surface area contributed by atoms with Crippen molar-refractivity contribution in [2.24, 2.45) is 11.1 Å². The summed E-state index contributed by atoms with van der Waals surface area (Å²) in [6.07, 6.45) is 1.54. The first-order valence-electron chi connectivity index (χ1n) is 7.93. The highest BCUT2D eigenvalue weighted by Gasteiger charge is 2.05. The Morgan fingerprint density at radius 2 is 1.81 bits per heavy atom. The molecule has 6 heteroatoms. The van der Waals surface area contributed by atoms with E-state index in [4.69, 9.17) is 10.6 Å². The molecule has 6 nitrogen and oxygen atoms in total. The lowest BCUT2D eigenvalue weighted by Gasteiger charge is -2.08. The Hall–Kier alpha value is -3.38. The van der Waals surface area contributed by atoms with Crippen LogP contribution in [0.25, 0.3) is 10.8 Å². The maximum atomic E-state index is 11.4. The highest BCUT2D eigenvalue weighted by molar-refractivity contribution is 5.91. The Morgan fingerprint density at radius 1 is 1.04 bits per heavy atom. The Balaban J connectivity index is 1.72. The lowest BCUT2D eigenvalue weighted by atomic mass is 10.1. The summed E-state index contributed by atoms with van der Waals surface area (Å²) >= 11 is 0. The fourth-order valence-electron chi connectivity index (χ4n) is 2.53. The van der Waals surface area contributed by atoms with Crippen molar-refractivity contribution in [3.05, 3.63) is 77.4 Å². The molecule has 3 rings (SSSR count). The molecule has 2 N–H and O–H groups in total. The SMILES string of the molecule is COC(=O)c1ccc(COc2ccc3ccc(/C=N/ON)cc3c2)cc1. The smallest absolute Gasteiger partial charge is 0.337 e. The van der Waals surface area contributed by atoms with Crippen LogP contribution in [0.1, 0.15) is 21.5 Å². The first-order chi connectivity index (χ1) is 12.7. The second-order valence-corrected chi connectivity index (χ2v) is 5.59. The second-order valence-electron chi connectivity index (χ2n) is 5.59. The Labute approximate surface area is 150 Å². The standard InChI is InChI=1S/C20H18N2O4/c1-24-20(23)17-6-2-14(3-7-17)13-25-19-9-8-16-5-4-15(12-22-26-21)10-18(16)11-19/h2-12H,13,21H2,1H3/b22-12+. The highest BCUT2D eigenvalue weighted by Crippen LogP contribution is 2.22. The van der Waals surface area contributed by atoms with E-state index >= 15 is 0 Å². The van der Waals surface area contributed by atoms with Crippen molar-refractivity contribution in [2.75, 3.05) is 7.11 Å². The van der Waals surface area contributed by atoms with Crippen LogP contribution in [0, 0.1) is 0 Å². The molecule has 0 aromatic heterocycles. The minimum absolute atomic E-state index is 0.355. The van der Waals surface area contributed by atoms with Crippen molar-refractivity contribution in [1.29, 1.82) is 0 Å². The number of nitrogens with two attached hydrogens (primary N) is 1. The average molecular weight is 350 g/mol. The quantitative estimate of drug-likeness (QED) is 0.418. The minimum atomic E-state index is -0.355. The van der Waals surface area contributed by atoms with Crippen molar-refractivity contribution in [2.45, 2.75) is 6.61 Å². The molecular formula is C20H18N2O4. The average Bonchev–Trinajstić information content (AvgIpc) is 2.70. The number of nitrogens with zero attached hydrogens (tertiary/aromatic N) is 1. The number of esters is 1. The molecule has 3 aromatic carbocycles. The molecule has 0 fully saturated rings. The summed E-state index contributed by atoms with van der Waals surface area (Å²) in [7, 11) is 1.36. The van der Waals surface area contributed by atoms with Gasteiger partial charge in [0.1, 0.15) is 12.4 Å². The van der Waals surface area contributed by atoms with Crippen LogP contribution >= 0.6 is 0 Å². The molecule has 3 aromatic rings. The largest absolute Gasteiger partial charge is 0.489 e. The van der Waals surface area contributed by atoms with E-state index in [1.807, 2.05) is 48.5 Å². The number of oxime groups is 1. The van der Waals surface area contributed by atoms with Gasteiger partial charge in [0.2, 0.25) is 0 Å². The van der Waals surface area contributed by atoms with Crippen LogP contribution in [-0.4, -0.2) is 19.3 Å². The van der Waals surface area contributed by atoms with Crippen molar-refractivity contribution in [1.82, 2.24) is 0 Å². The van der Waals surface area contributed by atoms with Gasteiger partial charge in [-0.05, 0) is 52.2 Å². The third-order valence-electron chi connectivity index (χ3n) is 3.88. The maximum Gasteiger partial charge on any atom is 0.337 e. The Kier molecular flexibility index (Phi) is 5.46. The van der Waals surface area contributed by atoms with Gasteiger partial charge in [0.05, 0.1) is 18.9 Å². The van der Waals surface area contributed by atoms with Gasteiger partial charge in [0.15, 0.2) is 0 Å². The van der Waals surface area contributed by atoms with Gasteiger partial charge < -0.3 is 14.4 Å². The molecule has 0 unspecified atom stereocenters. The number of rotatable bonds is 6. The van der Waals surface area contributed by atoms with E-state index in [1.165, 1.54) is 13.3 Å². The third kappa shape index (κ3) is 4.17. The zero-order valence-corrected chi connectivity index (χ0v) is 14.2. The molecule has 0 amide bonds. The number of methoxy groups -OCH3 is 1. The van der Waals surface area contributed by atoms with Crippen molar-refractivity contribution >= 4 is 23.0 Å². The van der Waals surface area contributed by atoms with Gasteiger partial charge >= 0.3 is 5.97 Å². The monoisotopic (exact) mass is 350 g/mol. The topological polar surface area (TPSA) is 83.1 Å². The van der Waals surface area contributed by atoms with E-state index < -0.39 is 0 Å². The summed E-state index contributed by atoms with van der Waals surface area (Å²) in [5.41, 5.74) is 2.34. The van der Waals surface area contributed by atoms with Crippen molar-refractivity contribution in [3.63, 3.8) is 0 Å². The molecule has 26 heavy (non-hydrogen) atoms. The number of carbonyl (C=O) groups is 1. The Morgan fingerprint density at radius 3 is 2.54 bits per heavy atom. The molecule has 0 aliphatic carbocycles. The molecule has 0 saturated carbocycles. The van der Waals surface area contributed by atoms with Crippen LogP contribution in [-0.2, 0) is 16.3 Å². The number of hydrogen-bond acceptors (Lipinski definition) is 6. The number of fused-ring (bicyclic) bond motifs is 1. The number of carbonyl (C=O) groups excluding carboxylic acids is 1. The predicted molar refractivity (Wildman–Crippen MR) is 98.9 cm³/mol. The van der Waals surface area contributed by atoms with Gasteiger partial charge in [-0.25, -0.2) is 4.79 Å². The number of benzene rings is 3. The lowest BCUT2D eigenvalue weighted by molar-refractivity contribution is 0.0600. The predicted octanol–water partition coefficient (Wildman–Crippen LogP) is 3.43. The van der Waals surface area contributed by atoms with E-state index in [1.54, 1.807) is 12.1 Å². The first kappa shape index (κ1) is 17.4. The molecule has 0 radical (unpaired) electrons. The van der Waals surface area contributed by atoms with Crippen LogP contribution in [0.5, 0.6) is 5.75 Å². The molecule has 0 aliphatic heterocycles. The molecule has 0 heterocycles. The van der Waals surface area contributed by atoms with Crippen molar-refractivity contribution < 1.29 is 19.2 Å².